The molecule has 0 saturated carbocycles. The van der Waals surface area contributed by atoms with Crippen molar-refractivity contribution in [2.45, 2.75) is 32.7 Å². The molecule has 70 valence electrons. The van der Waals surface area contributed by atoms with E-state index in [2.05, 4.69) is 4.72 Å². The molecule has 0 aliphatic rings. The molecule has 1 unspecified atom stereocenters. The molecule has 0 radical (unpaired) electrons. The standard InChI is InChI=1S/C7H14N2O2S/c1-4-7(3,6-8)9-12(10,11)5-2/h9H,4-5H2,1-3H3. The third kappa shape index (κ3) is 3.20. The van der Waals surface area contributed by atoms with Gasteiger partial charge in [-0.2, -0.15) is 9.98 Å². The van der Waals surface area contributed by atoms with Crippen LogP contribution < -0.4 is 4.72 Å². The maximum absolute atomic E-state index is 11.1. The zero-order valence-corrected chi connectivity index (χ0v) is 8.40. The topological polar surface area (TPSA) is 70.0 Å². The minimum Gasteiger partial charge on any atom is -0.212 e. The van der Waals surface area contributed by atoms with Crippen molar-refractivity contribution < 1.29 is 8.42 Å². The Morgan fingerprint density at radius 3 is 2.25 bits per heavy atom. The number of sulfonamides is 1. The third-order valence-electron chi connectivity index (χ3n) is 1.71. The summed E-state index contributed by atoms with van der Waals surface area (Å²) in [6.45, 7) is 4.87. The van der Waals surface area contributed by atoms with Crippen LogP contribution in [0.1, 0.15) is 27.2 Å². The van der Waals surface area contributed by atoms with Crippen molar-refractivity contribution in [1.82, 2.24) is 4.72 Å². The molecule has 0 aromatic rings. The normalized spacial score (nSPS) is 16.5. The molecule has 0 bridgehead atoms. The Morgan fingerprint density at radius 1 is 1.50 bits per heavy atom. The summed E-state index contributed by atoms with van der Waals surface area (Å²) in [7, 11) is -3.27. The number of hydrogen-bond donors (Lipinski definition) is 1. The van der Waals surface area contributed by atoms with Crippen LogP contribution in [0.3, 0.4) is 0 Å². The first-order valence-electron chi connectivity index (χ1n) is 3.82. The third-order valence-corrected chi connectivity index (χ3v) is 3.24. The van der Waals surface area contributed by atoms with Gasteiger partial charge in [0.25, 0.3) is 0 Å². The van der Waals surface area contributed by atoms with E-state index in [4.69, 9.17) is 5.26 Å². The SMILES string of the molecule is CCC(C)(C#N)NS(=O)(=O)CC. The number of rotatable bonds is 4. The average Bonchev–Trinajstić information content (AvgIpc) is 2.04. The van der Waals surface area contributed by atoms with Crippen LogP contribution in [-0.4, -0.2) is 19.7 Å². The second-order valence-electron chi connectivity index (χ2n) is 2.80. The molecule has 0 amide bonds. The van der Waals surface area contributed by atoms with E-state index in [9.17, 15) is 8.42 Å². The van der Waals surface area contributed by atoms with Gasteiger partial charge in [-0.15, -0.1) is 0 Å². The van der Waals surface area contributed by atoms with E-state index >= 15 is 0 Å². The summed E-state index contributed by atoms with van der Waals surface area (Å²) < 4.78 is 24.5. The zero-order chi connectivity index (χ0) is 9.83. The molecular formula is C7H14N2O2S. The van der Waals surface area contributed by atoms with Crippen LogP contribution in [0, 0.1) is 11.3 Å². The fourth-order valence-electron chi connectivity index (χ4n) is 0.589. The number of nitrogens with zero attached hydrogens (tertiary/aromatic N) is 1. The molecule has 4 nitrogen and oxygen atoms in total. The monoisotopic (exact) mass is 190 g/mol. The Kier molecular flexibility index (Phi) is 3.68. The van der Waals surface area contributed by atoms with Crippen LogP contribution in [0.25, 0.3) is 0 Å². The average molecular weight is 190 g/mol. The molecule has 0 fully saturated rings. The second kappa shape index (κ2) is 3.87. The van der Waals surface area contributed by atoms with Gasteiger partial charge in [-0.3, -0.25) is 0 Å². The van der Waals surface area contributed by atoms with Crippen molar-refractivity contribution in [3.63, 3.8) is 0 Å². The highest BCUT2D eigenvalue weighted by Crippen LogP contribution is 2.08. The maximum atomic E-state index is 11.1. The summed E-state index contributed by atoms with van der Waals surface area (Å²) in [5, 5.41) is 8.67. The van der Waals surface area contributed by atoms with Crippen LogP contribution >= 0.6 is 0 Å². The Hall–Kier alpha value is -0.600. The molecule has 0 aliphatic heterocycles. The molecule has 0 aromatic heterocycles. The second-order valence-corrected chi connectivity index (χ2v) is 4.81. The summed E-state index contributed by atoms with van der Waals surface area (Å²) in [4.78, 5) is 0. The molecule has 1 N–H and O–H groups in total. The fraction of sp³-hybridized carbons (Fsp3) is 0.857. The molecule has 12 heavy (non-hydrogen) atoms. The van der Waals surface area contributed by atoms with Crippen molar-refractivity contribution in [3.8, 4) is 6.07 Å². The Labute approximate surface area is 73.6 Å². The number of nitriles is 1. The van der Waals surface area contributed by atoms with Crippen molar-refractivity contribution in [1.29, 1.82) is 5.26 Å². The van der Waals surface area contributed by atoms with Crippen molar-refractivity contribution in [3.05, 3.63) is 0 Å². The number of nitrogens with one attached hydrogen (secondary N) is 1. The molecule has 0 rings (SSSR count). The first-order valence-corrected chi connectivity index (χ1v) is 5.47. The lowest BCUT2D eigenvalue weighted by Gasteiger charge is -2.20. The van der Waals surface area contributed by atoms with Crippen LogP contribution in [0.2, 0.25) is 0 Å². The minimum absolute atomic E-state index is 0.00424. The Morgan fingerprint density at radius 2 is 2.00 bits per heavy atom. The van der Waals surface area contributed by atoms with E-state index < -0.39 is 15.6 Å². The van der Waals surface area contributed by atoms with E-state index in [-0.39, 0.29) is 5.75 Å². The van der Waals surface area contributed by atoms with Crippen LogP contribution in [0.5, 0.6) is 0 Å². The van der Waals surface area contributed by atoms with Gasteiger partial charge in [0.2, 0.25) is 10.0 Å². The minimum atomic E-state index is -3.27. The molecule has 1 atom stereocenters. The molecule has 0 aromatic carbocycles. The van der Waals surface area contributed by atoms with E-state index in [0.717, 1.165) is 0 Å². The lowest BCUT2D eigenvalue weighted by Crippen LogP contribution is -2.44. The molecule has 0 spiro atoms. The molecular weight excluding hydrogens is 176 g/mol. The molecule has 0 heterocycles. The van der Waals surface area contributed by atoms with E-state index in [0.29, 0.717) is 6.42 Å². The zero-order valence-electron chi connectivity index (χ0n) is 7.59. The molecule has 0 aliphatic carbocycles. The first kappa shape index (κ1) is 11.4. The van der Waals surface area contributed by atoms with Gasteiger partial charge >= 0.3 is 0 Å². The van der Waals surface area contributed by atoms with Crippen molar-refractivity contribution in [2.24, 2.45) is 0 Å². The highest BCUT2D eigenvalue weighted by Gasteiger charge is 2.26. The lowest BCUT2D eigenvalue weighted by atomic mass is 10.0. The van der Waals surface area contributed by atoms with Crippen LogP contribution in [0.4, 0.5) is 0 Å². The van der Waals surface area contributed by atoms with Gasteiger partial charge < -0.3 is 0 Å². The predicted octanol–water partition coefficient (Wildman–Crippen LogP) is 0.618. The maximum Gasteiger partial charge on any atom is 0.212 e. The summed E-state index contributed by atoms with van der Waals surface area (Å²) in [6.07, 6.45) is 0.461. The summed E-state index contributed by atoms with van der Waals surface area (Å²) in [5.74, 6) is 0.00424. The smallest absolute Gasteiger partial charge is 0.212 e. The van der Waals surface area contributed by atoms with Crippen molar-refractivity contribution >= 4 is 10.0 Å². The van der Waals surface area contributed by atoms with Crippen LogP contribution in [0.15, 0.2) is 0 Å². The quantitative estimate of drug-likeness (QED) is 0.706. The molecule has 5 heteroatoms. The van der Waals surface area contributed by atoms with Crippen molar-refractivity contribution in [2.75, 3.05) is 5.75 Å². The van der Waals surface area contributed by atoms with Crippen LogP contribution in [-0.2, 0) is 10.0 Å². The van der Waals surface area contributed by atoms with E-state index in [1.807, 2.05) is 6.07 Å². The highest BCUT2D eigenvalue weighted by atomic mass is 32.2. The lowest BCUT2D eigenvalue weighted by molar-refractivity contribution is 0.496. The largest absolute Gasteiger partial charge is 0.212 e. The Bertz CT molecular complexity index is 278. The van der Waals surface area contributed by atoms with Gasteiger partial charge in [0, 0.05) is 0 Å². The van der Waals surface area contributed by atoms with Gasteiger partial charge in [0.1, 0.15) is 5.54 Å². The highest BCUT2D eigenvalue weighted by molar-refractivity contribution is 7.89. The van der Waals surface area contributed by atoms with Gasteiger partial charge in [-0.25, -0.2) is 8.42 Å². The summed E-state index contributed by atoms with van der Waals surface area (Å²) in [5.41, 5.74) is -0.963. The van der Waals surface area contributed by atoms with E-state index in [1.54, 1.807) is 13.8 Å². The Balaban J connectivity index is 4.56. The first-order chi connectivity index (χ1) is 5.39. The predicted molar refractivity (Wildman–Crippen MR) is 46.9 cm³/mol. The summed E-state index contributed by atoms with van der Waals surface area (Å²) in [6, 6.07) is 1.93. The molecule has 0 saturated heterocycles. The fourth-order valence-corrected chi connectivity index (χ4v) is 1.61. The number of hydrogen-bond acceptors (Lipinski definition) is 3. The summed E-state index contributed by atoms with van der Waals surface area (Å²) >= 11 is 0. The van der Waals surface area contributed by atoms with Gasteiger partial charge in [-0.05, 0) is 20.3 Å². The van der Waals surface area contributed by atoms with Gasteiger partial charge in [0.05, 0.1) is 11.8 Å². The van der Waals surface area contributed by atoms with E-state index in [1.165, 1.54) is 6.92 Å². The van der Waals surface area contributed by atoms with Gasteiger partial charge in [-0.1, -0.05) is 6.92 Å². The van der Waals surface area contributed by atoms with Gasteiger partial charge in [0.15, 0.2) is 0 Å².